The predicted molar refractivity (Wildman–Crippen MR) is 77.1 cm³/mol. The van der Waals surface area contributed by atoms with Gasteiger partial charge in [0.25, 0.3) is 0 Å². The average Bonchev–Trinajstić information content (AvgIpc) is 2.56. The Morgan fingerprint density at radius 2 is 1.08 bits per heavy atom. The van der Waals surface area contributed by atoms with E-state index >= 15 is 0 Å². The zero-order valence-electron chi connectivity index (χ0n) is 11.9. The van der Waals surface area contributed by atoms with Gasteiger partial charge in [-0.25, -0.2) is 26.3 Å². The third-order valence-corrected chi connectivity index (χ3v) is 3.54. The fourth-order valence-corrected chi connectivity index (χ4v) is 2.44. The molecule has 0 saturated heterocycles. The van der Waals surface area contributed by atoms with E-state index in [1.165, 1.54) is 24.3 Å². The summed E-state index contributed by atoms with van der Waals surface area (Å²) >= 11 is 0. The highest BCUT2D eigenvalue weighted by Gasteiger charge is 2.20. The van der Waals surface area contributed by atoms with Gasteiger partial charge in [-0.1, -0.05) is 24.3 Å². The van der Waals surface area contributed by atoms with E-state index in [9.17, 15) is 26.3 Å². The second-order valence-electron chi connectivity index (χ2n) is 5.02. The molecule has 3 rings (SSSR count). The number of benzene rings is 3. The summed E-state index contributed by atoms with van der Waals surface area (Å²) in [5.41, 5.74) is -0.892. The Morgan fingerprint density at radius 1 is 0.458 bits per heavy atom. The first-order valence-electron chi connectivity index (χ1n) is 6.78. The van der Waals surface area contributed by atoms with E-state index in [0.29, 0.717) is 12.1 Å². The monoisotopic (exact) mass is 338 g/mol. The van der Waals surface area contributed by atoms with Crippen molar-refractivity contribution in [2.45, 2.75) is 0 Å². The SMILES string of the molecule is Fc1cc(F)c(F)c(-c2ccccc2-c2ccc(F)c(F)c2F)c1. The van der Waals surface area contributed by atoms with Crippen LogP contribution in [-0.4, -0.2) is 0 Å². The van der Waals surface area contributed by atoms with Crippen LogP contribution in [0.2, 0.25) is 0 Å². The van der Waals surface area contributed by atoms with Gasteiger partial charge in [-0.05, 0) is 29.3 Å². The molecule has 6 heteroatoms. The zero-order chi connectivity index (χ0) is 17.4. The number of hydrogen-bond donors (Lipinski definition) is 0. The normalized spacial score (nSPS) is 10.9. The lowest BCUT2D eigenvalue weighted by molar-refractivity contribution is 0.449. The predicted octanol–water partition coefficient (Wildman–Crippen LogP) is 5.86. The van der Waals surface area contributed by atoms with Gasteiger partial charge in [0.05, 0.1) is 0 Å². The first-order valence-corrected chi connectivity index (χ1v) is 6.78. The minimum absolute atomic E-state index is 0.0298. The molecular weight excluding hydrogens is 330 g/mol. The van der Waals surface area contributed by atoms with Crippen LogP contribution in [0, 0.1) is 34.9 Å². The molecule has 0 amide bonds. The molecule has 0 aliphatic carbocycles. The second-order valence-corrected chi connectivity index (χ2v) is 5.02. The van der Waals surface area contributed by atoms with Crippen LogP contribution in [0.25, 0.3) is 22.3 Å². The van der Waals surface area contributed by atoms with Gasteiger partial charge >= 0.3 is 0 Å². The fourth-order valence-electron chi connectivity index (χ4n) is 2.44. The van der Waals surface area contributed by atoms with E-state index in [-0.39, 0.29) is 16.7 Å². The zero-order valence-corrected chi connectivity index (χ0v) is 11.9. The van der Waals surface area contributed by atoms with Gasteiger partial charge in [0, 0.05) is 17.2 Å². The van der Waals surface area contributed by atoms with Crippen molar-refractivity contribution in [1.82, 2.24) is 0 Å². The van der Waals surface area contributed by atoms with Crippen LogP contribution >= 0.6 is 0 Å². The molecule has 0 unspecified atom stereocenters. The van der Waals surface area contributed by atoms with Crippen molar-refractivity contribution < 1.29 is 26.3 Å². The summed E-state index contributed by atoms with van der Waals surface area (Å²) < 4.78 is 81.5. The van der Waals surface area contributed by atoms with E-state index in [1.54, 1.807) is 0 Å². The fraction of sp³-hybridized carbons (Fsp3) is 0. The van der Waals surface area contributed by atoms with Gasteiger partial charge in [-0.3, -0.25) is 0 Å². The summed E-state index contributed by atoms with van der Waals surface area (Å²) in [6.45, 7) is 0. The van der Waals surface area contributed by atoms with Crippen molar-refractivity contribution in [3.63, 3.8) is 0 Å². The van der Waals surface area contributed by atoms with Crippen molar-refractivity contribution in [2.24, 2.45) is 0 Å². The Balaban J connectivity index is 2.30. The van der Waals surface area contributed by atoms with Gasteiger partial charge in [0.1, 0.15) is 5.82 Å². The maximum absolute atomic E-state index is 14.0. The first-order chi connectivity index (χ1) is 11.4. The molecular formula is C18H8F6. The molecule has 0 saturated carbocycles. The van der Waals surface area contributed by atoms with E-state index in [4.69, 9.17) is 0 Å². The van der Waals surface area contributed by atoms with Crippen LogP contribution in [0.5, 0.6) is 0 Å². The largest absolute Gasteiger partial charge is 0.207 e. The van der Waals surface area contributed by atoms with Crippen molar-refractivity contribution in [1.29, 1.82) is 0 Å². The molecule has 0 bridgehead atoms. The molecule has 0 aliphatic rings. The summed E-state index contributed by atoms with van der Waals surface area (Å²) in [6, 6.07) is 8.31. The van der Waals surface area contributed by atoms with Gasteiger partial charge in [0.15, 0.2) is 29.1 Å². The highest BCUT2D eigenvalue weighted by atomic mass is 19.2. The van der Waals surface area contributed by atoms with Gasteiger partial charge in [-0.15, -0.1) is 0 Å². The third-order valence-electron chi connectivity index (χ3n) is 3.54. The van der Waals surface area contributed by atoms with Crippen LogP contribution in [0.3, 0.4) is 0 Å². The topological polar surface area (TPSA) is 0 Å². The van der Waals surface area contributed by atoms with Crippen molar-refractivity contribution in [3.8, 4) is 22.3 Å². The van der Waals surface area contributed by atoms with E-state index in [1.807, 2.05) is 0 Å². The molecule has 0 atom stereocenters. The van der Waals surface area contributed by atoms with Crippen LogP contribution < -0.4 is 0 Å². The Hall–Kier alpha value is -2.76. The summed E-state index contributed by atoms with van der Waals surface area (Å²) in [6.07, 6.45) is 0. The van der Waals surface area contributed by atoms with Gasteiger partial charge in [-0.2, -0.15) is 0 Å². The van der Waals surface area contributed by atoms with Crippen molar-refractivity contribution >= 4 is 0 Å². The maximum atomic E-state index is 14.0. The van der Waals surface area contributed by atoms with E-state index in [2.05, 4.69) is 0 Å². The van der Waals surface area contributed by atoms with Crippen LogP contribution in [0.1, 0.15) is 0 Å². The molecule has 24 heavy (non-hydrogen) atoms. The lowest BCUT2D eigenvalue weighted by atomic mass is 9.93. The Bertz CT molecular complexity index is 933. The molecule has 3 aromatic rings. The number of rotatable bonds is 2. The Kier molecular flexibility index (Phi) is 4.05. The minimum Gasteiger partial charge on any atom is -0.207 e. The Labute approximate surface area is 133 Å². The van der Waals surface area contributed by atoms with Crippen LogP contribution in [0.4, 0.5) is 26.3 Å². The molecule has 3 aromatic carbocycles. The molecule has 122 valence electrons. The lowest BCUT2D eigenvalue weighted by Crippen LogP contribution is -1.97. The molecule has 0 heterocycles. The number of halogens is 6. The highest BCUT2D eigenvalue weighted by molar-refractivity contribution is 5.84. The smallest absolute Gasteiger partial charge is 0.195 e. The maximum Gasteiger partial charge on any atom is 0.195 e. The average molecular weight is 338 g/mol. The van der Waals surface area contributed by atoms with Crippen LogP contribution in [0.15, 0.2) is 48.5 Å². The van der Waals surface area contributed by atoms with Gasteiger partial charge < -0.3 is 0 Å². The molecule has 0 aliphatic heterocycles. The quantitative estimate of drug-likeness (QED) is 0.312. The standard InChI is InChI=1S/C18H8F6/c19-9-7-13(16(22)15(21)8-9)11-4-2-1-3-10(11)12-5-6-14(20)18(24)17(12)23/h1-8H. The molecule has 0 fully saturated rings. The number of hydrogen-bond acceptors (Lipinski definition) is 0. The van der Waals surface area contributed by atoms with Crippen molar-refractivity contribution in [2.75, 3.05) is 0 Å². The van der Waals surface area contributed by atoms with E-state index < -0.39 is 40.5 Å². The molecule has 0 spiro atoms. The summed E-state index contributed by atoms with van der Waals surface area (Å²) in [5.74, 6) is -8.30. The lowest BCUT2D eigenvalue weighted by Gasteiger charge is -2.12. The first kappa shape index (κ1) is 16.1. The molecule has 0 nitrogen and oxygen atoms in total. The molecule has 0 N–H and O–H groups in total. The Morgan fingerprint density at radius 3 is 1.75 bits per heavy atom. The highest BCUT2D eigenvalue weighted by Crippen LogP contribution is 2.36. The third kappa shape index (κ3) is 2.64. The molecule has 0 radical (unpaired) electrons. The van der Waals surface area contributed by atoms with E-state index in [0.717, 1.165) is 12.1 Å². The van der Waals surface area contributed by atoms with Gasteiger partial charge in [0.2, 0.25) is 0 Å². The van der Waals surface area contributed by atoms with Crippen LogP contribution in [-0.2, 0) is 0 Å². The minimum atomic E-state index is -1.69. The summed E-state index contributed by atoms with van der Waals surface area (Å²) in [4.78, 5) is 0. The summed E-state index contributed by atoms with van der Waals surface area (Å²) in [7, 11) is 0. The second kappa shape index (κ2) is 6.03. The molecule has 0 aromatic heterocycles. The van der Waals surface area contributed by atoms with Crippen molar-refractivity contribution in [3.05, 3.63) is 83.4 Å². The summed E-state index contributed by atoms with van der Waals surface area (Å²) in [5, 5.41) is 0.